The van der Waals surface area contributed by atoms with Crippen molar-refractivity contribution in [1.29, 1.82) is 0 Å². The number of hydrogen-bond donors (Lipinski definition) is 1. The lowest BCUT2D eigenvalue weighted by molar-refractivity contribution is 0.636. The van der Waals surface area contributed by atoms with E-state index in [1.165, 1.54) is 52.0 Å². The number of halogens is 9. The van der Waals surface area contributed by atoms with Crippen LogP contribution in [0, 0.1) is 4.77 Å². The van der Waals surface area contributed by atoms with Crippen LogP contribution in [-0.4, -0.2) is 73.6 Å². The molecule has 9 aromatic rings. The maximum absolute atomic E-state index is 12.5. The highest BCUT2D eigenvalue weighted by molar-refractivity contribution is 9.93. The van der Waals surface area contributed by atoms with E-state index in [1.54, 1.807) is 43.5 Å². The van der Waals surface area contributed by atoms with Crippen LogP contribution in [0.25, 0.3) is 22.3 Å². The molecular formula is C53H55Br8FN14O8S. The second-order valence-corrected chi connectivity index (χ2v) is 23.3. The molecule has 0 aliphatic carbocycles. The quantitative estimate of drug-likeness (QED) is 0.0972. The highest BCUT2D eigenvalue weighted by Gasteiger charge is 2.22. The number of imidazole rings is 2. The van der Waals surface area contributed by atoms with Gasteiger partial charge in [-0.15, -0.1) is 0 Å². The van der Waals surface area contributed by atoms with Gasteiger partial charge in [-0.25, -0.2) is 34.1 Å². The van der Waals surface area contributed by atoms with E-state index in [0.717, 1.165) is 48.1 Å². The molecule has 1 N–H and O–H groups in total. The third kappa shape index (κ3) is 16.2. The summed E-state index contributed by atoms with van der Waals surface area (Å²) in [6.45, 7) is 0.926. The fourth-order valence-electron chi connectivity index (χ4n) is 8.42. The van der Waals surface area contributed by atoms with Crippen molar-refractivity contribution < 1.29 is 5.76 Å². The molecule has 2 aliphatic rings. The topological polar surface area (TPSA) is 239 Å². The number of hydrogen-bond acceptors (Lipinski definition) is 12. The zero-order chi connectivity index (χ0) is 63.5. The number of nitrogens with one attached hydrogen (secondary N) is 1. The highest BCUT2D eigenvalue weighted by Crippen LogP contribution is 2.24. The van der Waals surface area contributed by atoms with Gasteiger partial charge in [-0.3, -0.25) is 60.1 Å². The van der Waals surface area contributed by atoms with E-state index in [2.05, 4.69) is 156 Å². The van der Waals surface area contributed by atoms with Crippen molar-refractivity contribution in [1.82, 2.24) is 55.6 Å². The van der Waals surface area contributed by atoms with Crippen LogP contribution in [0.2, 0.25) is 0 Å². The standard InChI is InChI=1S/C14H12Br2N4O2.C14H13BrN4O2S.C8H8BrN3O2.C8H9N3O2.C7H6Br2.CH3F.CH4.Br2/c1-18-11-10(12(21)19(2)14(18)22)20(13(16)17-11)7-8-4-3-5-9(15)6-8;1-17-11-10(12(20)18(2)14(17)21)19(13(22)16-11)7-8-4-3-5-9(15)6-8;1-11-6-4(3-5(9)10-6)7(13)12(2)8(11)14;1-10-6-5(3-4-9-6)7(12)11(2)8(10)13;8-5-6-2-1-3-7(9)4-6;1-2;;1-2/h3-6H,7H2,1-2H3;3-6H,7H2,1-2H3,(H,16,22);3H2,1-2H3;4H,3H2,1-2H3;1-4H,5H2;1H3;1H4;/i;;;;;1D;;. The van der Waals surface area contributed by atoms with Gasteiger partial charge in [0.2, 0.25) is 0 Å². The Bertz CT molecular complexity index is 4630. The van der Waals surface area contributed by atoms with Gasteiger partial charge in [0, 0.05) is 122 Å². The Kier molecular flexibility index (Phi) is 26.5. The van der Waals surface area contributed by atoms with Gasteiger partial charge in [-0.05, 0) is 97.2 Å². The molecule has 85 heavy (non-hydrogen) atoms. The molecule has 0 spiro atoms. The maximum atomic E-state index is 12.5. The number of fused-ring (bicyclic) bond motifs is 4. The summed E-state index contributed by atoms with van der Waals surface area (Å²) >= 11 is 31.0. The second kappa shape index (κ2) is 32.0. The Labute approximate surface area is 556 Å². The van der Waals surface area contributed by atoms with Crippen LogP contribution < -0.4 is 45.0 Å². The molecule has 32 heteroatoms. The van der Waals surface area contributed by atoms with E-state index < -0.39 is 12.8 Å². The first-order chi connectivity index (χ1) is 40.2. The predicted octanol–water partition coefficient (Wildman–Crippen LogP) is 9.58. The number of benzene rings is 3. The SMILES string of the molecule is BrBr.BrCc1cccc(Br)c1.C.Cn1c(=O)c2c([nH]c(=S)n2Cc2cccc(Br)c2)n(C)c1=O.Cn1c(=O)c2c(nc(Br)n2Cc2cccc(Br)c2)n(C)c1=O.Cn1c2c(c(=O)n(C)c1=O)CC(Br)=N2.Cn1c2c(c(=O)n(C)c1=O)CC=N2.[2H]CF. The molecule has 454 valence electrons. The smallest absolute Gasteiger partial charge is 0.316 e. The van der Waals surface area contributed by atoms with Gasteiger partial charge in [0.1, 0.15) is 17.3 Å². The Morgan fingerprint density at radius 3 is 1.49 bits per heavy atom. The Balaban J connectivity index is 0.000000232. The maximum Gasteiger partial charge on any atom is 0.332 e. The first kappa shape index (κ1) is 70.4. The van der Waals surface area contributed by atoms with E-state index >= 15 is 0 Å². The molecule has 0 saturated heterocycles. The fourth-order valence-corrected chi connectivity index (χ4v) is 11.3. The van der Waals surface area contributed by atoms with Gasteiger partial charge in [0.25, 0.3) is 22.2 Å². The van der Waals surface area contributed by atoms with Gasteiger partial charge in [0.15, 0.2) is 26.2 Å². The molecule has 22 nitrogen and oxygen atoms in total. The number of alkyl halides is 2. The summed E-state index contributed by atoms with van der Waals surface area (Å²) in [6, 6.07) is 23.8. The number of nitrogens with zero attached hydrogens (tertiary/aromatic N) is 13. The molecular weight excluding hydrogens is 1650 g/mol. The lowest BCUT2D eigenvalue weighted by atomic mass is 10.2. The van der Waals surface area contributed by atoms with E-state index in [-0.39, 0.29) is 46.7 Å². The highest BCUT2D eigenvalue weighted by atomic mass is 80.9. The molecule has 8 heterocycles. The average Bonchev–Trinajstić information content (AvgIpc) is 1.74. The monoisotopic (exact) mass is 1700 g/mol. The van der Waals surface area contributed by atoms with Crippen LogP contribution in [0.3, 0.4) is 0 Å². The summed E-state index contributed by atoms with van der Waals surface area (Å²) < 4.78 is 33.6. The minimum atomic E-state index is -1.00. The van der Waals surface area contributed by atoms with Crippen molar-refractivity contribution in [2.75, 3.05) is 7.15 Å². The van der Waals surface area contributed by atoms with Crippen LogP contribution in [0.1, 0.15) is 36.6 Å². The van der Waals surface area contributed by atoms with Crippen molar-refractivity contribution in [3.05, 3.63) is 207 Å². The Morgan fingerprint density at radius 2 is 1.00 bits per heavy atom. The first-order valence-corrected chi connectivity index (χ1v) is 33.2. The average molecular weight is 1710 g/mol. The fraction of sp³-hybridized carbons (Fsp3) is 0.283. The molecule has 0 radical (unpaired) electrons. The van der Waals surface area contributed by atoms with Gasteiger partial charge in [-0.2, -0.15) is 0 Å². The van der Waals surface area contributed by atoms with Gasteiger partial charge in [-0.1, -0.05) is 108 Å². The molecule has 0 bridgehead atoms. The molecule has 0 saturated carbocycles. The third-order valence-electron chi connectivity index (χ3n) is 12.7. The predicted molar refractivity (Wildman–Crippen MR) is 366 cm³/mol. The molecule has 0 unspecified atom stereocenters. The van der Waals surface area contributed by atoms with Gasteiger partial charge < -0.3 is 14.1 Å². The molecule has 0 atom stereocenters. The molecule has 0 amide bonds. The van der Waals surface area contributed by atoms with Crippen LogP contribution in [0.4, 0.5) is 16.0 Å². The Morgan fingerprint density at radius 1 is 0.576 bits per heavy atom. The van der Waals surface area contributed by atoms with Gasteiger partial charge in [0.05, 0.1) is 37.4 Å². The van der Waals surface area contributed by atoms with Crippen molar-refractivity contribution in [3.63, 3.8) is 0 Å². The normalized spacial score (nSPS) is 11.5. The minimum absolute atomic E-state index is 0. The molecule has 2 aliphatic heterocycles. The van der Waals surface area contributed by atoms with Crippen molar-refractivity contribution in [2.45, 2.75) is 38.7 Å². The summed E-state index contributed by atoms with van der Waals surface area (Å²) in [5.41, 5.74) is 3.42. The minimum Gasteiger partial charge on any atom is -0.316 e. The van der Waals surface area contributed by atoms with Crippen LogP contribution in [0.5, 0.6) is 0 Å². The van der Waals surface area contributed by atoms with E-state index in [0.29, 0.717) is 85.1 Å². The summed E-state index contributed by atoms with van der Waals surface area (Å²) in [5, 5.41) is 0.923. The Hall–Kier alpha value is -5.35. The van der Waals surface area contributed by atoms with Crippen LogP contribution in [-0.2, 0) is 87.6 Å². The largest absolute Gasteiger partial charge is 0.332 e. The molecule has 3 aromatic carbocycles. The zero-order valence-electron chi connectivity index (χ0n) is 46.6. The second-order valence-electron chi connectivity index (χ2n) is 18.0. The van der Waals surface area contributed by atoms with E-state index in [1.807, 2.05) is 60.7 Å². The van der Waals surface area contributed by atoms with Crippen molar-refractivity contribution >= 4 is 181 Å². The number of aliphatic imine (C=N–C) groups is 2. The number of aryl methyl sites for hydroxylation is 2. The lowest BCUT2D eigenvalue weighted by Gasteiger charge is -2.08. The van der Waals surface area contributed by atoms with E-state index in [9.17, 15) is 42.7 Å². The first-order valence-electron chi connectivity index (χ1n) is 24.7. The van der Waals surface area contributed by atoms with E-state index in [4.69, 9.17) is 13.6 Å². The van der Waals surface area contributed by atoms with Crippen molar-refractivity contribution in [3.8, 4) is 0 Å². The van der Waals surface area contributed by atoms with Crippen LogP contribution >= 0.6 is 136 Å². The van der Waals surface area contributed by atoms with Crippen molar-refractivity contribution in [2.24, 2.45) is 66.4 Å². The summed E-state index contributed by atoms with van der Waals surface area (Å²) in [4.78, 5) is 110. The zero-order valence-corrected chi connectivity index (χ0v) is 59.1. The third-order valence-corrected chi connectivity index (χ3v) is 16.2. The number of aromatic nitrogens is 12. The van der Waals surface area contributed by atoms with Gasteiger partial charge >= 0.3 is 22.8 Å². The molecule has 6 aromatic heterocycles. The number of aromatic amines is 1. The molecule has 0 fully saturated rings. The summed E-state index contributed by atoms with van der Waals surface area (Å²) in [6.07, 6.45) is 2.64. The molecule has 11 rings (SSSR count). The summed E-state index contributed by atoms with van der Waals surface area (Å²) in [5.74, 6) is 0.957. The number of rotatable bonds is 5. The summed E-state index contributed by atoms with van der Waals surface area (Å²) in [7, 11) is 11.3. The lowest BCUT2D eigenvalue weighted by Crippen LogP contribution is -2.38. The van der Waals surface area contributed by atoms with Crippen LogP contribution in [0.15, 0.2) is 139 Å². The number of H-pyrrole nitrogens is 1.